The Morgan fingerprint density at radius 1 is 1.56 bits per heavy atom. The van der Waals surface area contributed by atoms with Crippen molar-refractivity contribution in [3.05, 3.63) is 23.5 Å². The number of hydrogen-bond acceptors (Lipinski definition) is 5. The number of anilines is 1. The van der Waals surface area contributed by atoms with Crippen molar-refractivity contribution in [1.82, 2.24) is 9.97 Å². The minimum atomic E-state index is 0.505. The zero-order valence-electron chi connectivity index (χ0n) is 9.06. The second kappa shape index (κ2) is 5.12. The van der Waals surface area contributed by atoms with Gasteiger partial charge in [0.2, 0.25) is 0 Å². The van der Waals surface area contributed by atoms with E-state index in [0.29, 0.717) is 16.5 Å². The summed E-state index contributed by atoms with van der Waals surface area (Å²) in [5.74, 6) is 0.613. The molecule has 0 saturated heterocycles. The molecule has 0 unspecified atom stereocenters. The first kappa shape index (κ1) is 11.1. The molecule has 1 aliphatic carbocycles. The van der Waals surface area contributed by atoms with Crippen LogP contribution in [0.3, 0.4) is 0 Å². The maximum Gasteiger partial charge on any atom is 0.189 e. The summed E-state index contributed by atoms with van der Waals surface area (Å²) in [5, 5.41) is 3.87. The van der Waals surface area contributed by atoms with E-state index in [1.165, 1.54) is 18.2 Å². The summed E-state index contributed by atoms with van der Waals surface area (Å²) >= 11 is 1.46. The predicted molar refractivity (Wildman–Crippen MR) is 64.8 cm³/mol. The molecule has 2 rings (SSSR count). The molecule has 0 aliphatic heterocycles. The van der Waals surface area contributed by atoms with Gasteiger partial charge in [0, 0.05) is 11.9 Å². The third-order valence-corrected chi connectivity index (χ3v) is 2.99. The molecule has 0 spiro atoms. The molecule has 0 saturated carbocycles. The first-order valence-electron chi connectivity index (χ1n) is 5.15. The highest BCUT2D eigenvalue weighted by Gasteiger charge is 2.10. The Hall–Kier alpha value is -1.36. The van der Waals surface area contributed by atoms with Crippen molar-refractivity contribution in [1.29, 1.82) is 0 Å². The lowest BCUT2D eigenvalue weighted by Gasteiger charge is -2.08. The minimum absolute atomic E-state index is 0.505. The van der Waals surface area contributed by atoms with Gasteiger partial charge in [-0.25, -0.2) is 9.97 Å². The fourth-order valence-corrected chi connectivity index (χ4v) is 1.94. The molecule has 0 aromatic carbocycles. The van der Waals surface area contributed by atoms with E-state index in [1.54, 1.807) is 6.20 Å². The number of aromatic nitrogens is 2. The average Bonchev–Trinajstić information content (AvgIpc) is 2.82. The summed E-state index contributed by atoms with van der Waals surface area (Å²) in [4.78, 5) is 19.2. The lowest BCUT2D eigenvalue weighted by molar-refractivity contribution is 0.112. The molecule has 1 heterocycles. The summed E-state index contributed by atoms with van der Waals surface area (Å²) in [6, 6.07) is 0. The Morgan fingerprint density at radius 2 is 2.44 bits per heavy atom. The molecule has 84 valence electrons. The fourth-order valence-electron chi connectivity index (χ4n) is 1.60. The smallest absolute Gasteiger partial charge is 0.189 e. The van der Waals surface area contributed by atoms with Gasteiger partial charge < -0.3 is 5.32 Å². The van der Waals surface area contributed by atoms with Gasteiger partial charge in [-0.1, -0.05) is 17.8 Å². The number of aldehydes is 1. The predicted octanol–water partition coefficient (Wildman–Crippen LogP) is 2.49. The van der Waals surface area contributed by atoms with Gasteiger partial charge in [-0.15, -0.1) is 0 Å². The van der Waals surface area contributed by atoms with Gasteiger partial charge in [0.05, 0.1) is 5.56 Å². The summed E-state index contributed by atoms with van der Waals surface area (Å²) in [5.41, 5.74) is 1.65. The van der Waals surface area contributed by atoms with Crippen LogP contribution in [0.15, 0.2) is 23.1 Å². The van der Waals surface area contributed by atoms with Gasteiger partial charge in [0.25, 0.3) is 0 Å². The molecule has 0 fully saturated rings. The summed E-state index contributed by atoms with van der Waals surface area (Å²) in [6.07, 6.45) is 9.69. The molecule has 1 aromatic heterocycles. The van der Waals surface area contributed by atoms with Crippen LogP contribution < -0.4 is 5.32 Å². The van der Waals surface area contributed by atoms with E-state index < -0.39 is 0 Å². The minimum Gasteiger partial charge on any atom is -0.343 e. The number of thioether (sulfide) groups is 1. The van der Waals surface area contributed by atoms with E-state index in [-0.39, 0.29) is 0 Å². The first-order valence-corrected chi connectivity index (χ1v) is 6.38. The molecule has 0 radical (unpaired) electrons. The Kier molecular flexibility index (Phi) is 3.56. The highest BCUT2D eigenvalue weighted by molar-refractivity contribution is 7.98. The lowest BCUT2D eigenvalue weighted by Crippen LogP contribution is -2.04. The number of nitrogens with zero attached hydrogens (tertiary/aromatic N) is 2. The highest BCUT2D eigenvalue weighted by Crippen LogP contribution is 2.22. The van der Waals surface area contributed by atoms with E-state index in [9.17, 15) is 4.79 Å². The third kappa shape index (κ3) is 2.41. The van der Waals surface area contributed by atoms with Crippen LogP contribution in [0.2, 0.25) is 0 Å². The van der Waals surface area contributed by atoms with Gasteiger partial charge in [0.1, 0.15) is 5.82 Å². The molecule has 1 aromatic rings. The number of allylic oxidation sites excluding steroid dienone is 2. The number of nitrogens with one attached hydrogen (secondary N) is 1. The van der Waals surface area contributed by atoms with Crippen molar-refractivity contribution in [3.8, 4) is 0 Å². The van der Waals surface area contributed by atoms with Crippen LogP contribution in [0.5, 0.6) is 0 Å². The second-order valence-corrected chi connectivity index (χ2v) is 4.30. The number of rotatable bonds is 4. The molecule has 0 atom stereocenters. The Morgan fingerprint density at radius 3 is 3.06 bits per heavy atom. The van der Waals surface area contributed by atoms with Crippen LogP contribution in [0.4, 0.5) is 5.82 Å². The van der Waals surface area contributed by atoms with Crippen molar-refractivity contribution in [2.75, 3.05) is 11.6 Å². The molecule has 0 bridgehead atoms. The molecule has 5 heteroatoms. The van der Waals surface area contributed by atoms with Crippen molar-refractivity contribution in [2.24, 2.45) is 0 Å². The lowest BCUT2D eigenvalue weighted by atomic mass is 10.3. The Labute approximate surface area is 98.6 Å². The molecule has 1 aliphatic rings. The number of hydrogen-bond donors (Lipinski definition) is 1. The first-order chi connectivity index (χ1) is 7.83. The van der Waals surface area contributed by atoms with Crippen LogP contribution in [0.25, 0.3) is 0 Å². The third-order valence-electron chi connectivity index (χ3n) is 2.42. The summed E-state index contributed by atoms with van der Waals surface area (Å²) in [6.45, 7) is 0. The van der Waals surface area contributed by atoms with Crippen LogP contribution >= 0.6 is 11.8 Å². The zero-order chi connectivity index (χ0) is 11.4. The van der Waals surface area contributed by atoms with Crippen molar-refractivity contribution in [2.45, 2.75) is 24.4 Å². The van der Waals surface area contributed by atoms with E-state index in [1.807, 2.05) is 6.26 Å². The van der Waals surface area contributed by atoms with Gasteiger partial charge >= 0.3 is 0 Å². The van der Waals surface area contributed by atoms with E-state index >= 15 is 0 Å². The van der Waals surface area contributed by atoms with Crippen LogP contribution in [-0.2, 0) is 0 Å². The van der Waals surface area contributed by atoms with Gasteiger partial charge in [0.15, 0.2) is 11.4 Å². The molecular weight excluding hydrogens is 222 g/mol. The number of carbonyl (C=O) groups is 1. The second-order valence-electron chi connectivity index (χ2n) is 3.53. The number of carbonyl (C=O) groups excluding carboxylic acids is 1. The molecular formula is C11H13N3OS. The normalized spacial score (nSPS) is 14.7. The van der Waals surface area contributed by atoms with Crippen LogP contribution in [0, 0.1) is 0 Å². The van der Waals surface area contributed by atoms with E-state index in [2.05, 4.69) is 21.4 Å². The Balaban J connectivity index is 2.25. The largest absolute Gasteiger partial charge is 0.343 e. The molecule has 4 nitrogen and oxygen atoms in total. The molecule has 1 N–H and O–H groups in total. The van der Waals surface area contributed by atoms with Crippen molar-refractivity contribution >= 4 is 23.9 Å². The van der Waals surface area contributed by atoms with Crippen LogP contribution in [0.1, 0.15) is 29.6 Å². The topological polar surface area (TPSA) is 54.9 Å². The van der Waals surface area contributed by atoms with Gasteiger partial charge in [-0.05, 0) is 25.5 Å². The average molecular weight is 235 g/mol. The van der Waals surface area contributed by atoms with Gasteiger partial charge in [-0.3, -0.25) is 4.79 Å². The highest BCUT2D eigenvalue weighted by atomic mass is 32.2. The zero-order valence-corrected chi connectivity index (χ0v) is 9.88. The maximum absolute atomic E-state index is 10.9. The summed E-state index contributed by atoms with van der Waals surface area (Å²) < 4.78 is 0. The monoisotopic (exact) mass is 235 g/mol. The molecule has 0 amide bonds. The summed E-state index contributed by atoms with van der Waals surface area (Å²) in [7, 11) is 0. The molecule has 16 heavy (non-hydrogen) atoms. The maximum atomic E-state index is 10.9. The van der Waals surface area contributed by atoms with Crippen molar-refractivity contribution < 1.29 is 4.79 Å². The van der Waals surface area contributed by atoms with Crippen LogP contribution in [-0.4, -0.2) is 22.5 Å². The fraction of sp³-hybridized carbons (Fsp3) is 0.364. The standard InChI is InChI=1S/C11H13N3OS/c1-16-11-12-6-8(7-15)10(14-11)13-9-4-2-3-5-9/h4,6-7H,2-3,5H2,1H3,(H,12,13,14). The van der Waals surface area contributed by atoms with E-state index in [4.69, 9.17) is 0 Å². The van der Waals surface area contributed by atoms with Gasteiger partial charge in [-0.2, -0.15) is 0 Å². The van der Waals surface area contributed by atoms with E-state index in [0.717, 1.165) is 24.8 Å². The Bertz CT molecular complexity index is 431. The SMILES string of the molecule is CSc1ncc(C=O)c(NC2=CCCC2)n1. The van der Waals surface area contributed by atoms with Crippen molar-refractivity contribution in [3.63, 3.8) is 0 Å². The quantitative estimate of drug-likeness (QED) is 0.493.